The van der Waals surface area contributed by atoms with Gasteiger partial charge in [-0.25, -0.2) is 8.42 Å². The number of nitriles is 1. The van der Waals surface area contributed by atoms with Crippen LogP contribution in [0.3, 0.4) is 0 Å². The molecule has 2 aromatic rings. The second-order valence-electron chi connectivity index (χ2n) is 5.43. The Balaban J connectivity index is 2.36. The van der Waals surface area contributed by atoms with Gasteiger partial charge in [0.2, 0.25) is 0 Å². The van der Waals surface area contributed by atoms with Gasteiger partial charge in [-0.15, -0.1) is 0 Å². The SMILES string of the molecule is Cc1cc(C)cc(C=C(C#N)S(=O)(=O)Cc2ccc(Br)cc2)c1. The summed E-state index contributed by atoms with van der Waals surface area (Å²) in [5.74, 6) is -0.190. The Kier molecular flexibility index (Phi) is 5.40. The molecule has 2 aromatic carbocycles. The lowest BCUT2D eigenvalue weighted by Gasteiger charge is -2.05. The maximum Gasteiger partial charge on any atom is 0.192 e. The fraction of sp³-hybridized carbons (Fsp3) is 0.167. The molecule has 0 aromatic heterocycles. The topological polar surface area (TPSA) is 57.9 Å². The molecule has 23 heavy (non-hydrogen) atoms. The lowest BCUT2D eigenvalue weighted by molar-refractivity contribution is 0.602. The summed E-state index contributed by atoms with van der Waals surface area (Å²) in [7, 11) is -3.68. The standard InChI is InChI=1S/C18H16BrNO2S/c1-13-7-14(2)9-16(8-13)10-18(11-20)23(21,22)12-15-3-5-17(19)6-4-15/h3-10H,12H2,1-2H3. The van der Waals surface area contributed by atoms with Crippen LogP contribution >= 0.6 is 15.9 Å². The largest absolute Gasteiger partial charge is 0.223 e. The average molecular weight is 390 g/mol. The van der Waals surface area contributed by atoms with E-state index in [1.165, 1.54) is 6.08 Å². The summed E-state index contributed by atoms with van der Waals surface area (Å²) in [6.07, 6.45) is 1.44. The molecule has 0 aliphatic heterocycles. The van der Waals surface area contributed by atoms with Crippen LogP contribution in [0.1, 0.15) is 22.3 Å². The summed E-state index contributed by atoms with van der Waals surface area (Å²) >= 11 is 3.31. The normalized spacial score (nSPS) is 12.0. The minimum absolute atomic E-state index is 0.190. The second-order valence-corrected chi connectivity index (χ2v) is 8.30. The molecule has 2 rings (SSSR count). The molecule has 0 aliphatic rings. The van der Waals surface area contributed by atoms with Crippen LogP contribution in [0, 0.1) is 25.2 Å². The zero-order valence-electron chi connectivity index (χ0n) is 12.9. The van der Waals surface area contributed by atoms with Crippen molar-refractivity contribution in [3.8, 4) is 6.07 Å². The summed E-state index contributed by atoms with van der Waals surface area (Å²) in [5, 5.41) is 9.28. The highest BCUT2D eigenvalue weighted by Crippen LogP contribution is 2.20. The number of hydrogen-bond donors (Lipinski definition) is 0. The number of rotatable bonds is 4. The van der Waals surface area contributed by atoms with Crippen LogP contribution in [-0.4, -0.2) is 8.42 Å². The molecule has 3 nitrogen and oxygen atoms in total. The molecular formula is C18H16BrNO2S. The molecule has 0 atom stereocenters. The molecule has 0 radical (unpaired) electrons. The Morgan fingerprint density at radius 3 is 2.22 bits per heavy atom. The molecule has 5 heteroatoms. The Morgan fingerprint density at radius 1 is 1.13 bits per heavy atom. The van der Waals surface area contributed by atoms with Gasteiger partial charge in [0.1, 0.15) is 11.0 Å². The number of sulfone groups is 1. The van der Waals surface area contributed by atoms with Crippen molar-refractivity contribution in [3.05, 3.63) is 74.1 Å². The predicted molar refractivity (Wildman–Crippen MR) is 96.3 cm³/mol. The summed E-state index contributed by atoms with van der Waals surface area (Å²) in [6, 6.07) is 14.6. The lowest BCUT2D eigenvalue weighted by atomic mass is 10.1. The van der Waals surface area contributed by atoms with Crippen molar-refractivity contribution < 1.29 is 8.42 Å². The first kappa shape index (κ1) is 17.5. The molecule has 0 bridgehead atoms. The van der Waals surface area contributed by atoms with Gasteiger partial charge in [-0.2, -0.15) is 5.26 Å². The van der Waals surface area contributed by atoms with E-state index in [4.69, 9.17) is 0 Å². The molecule has 0 unspecified atom stereocenters. The maximum atomic E-state index is 12.5. The summed E-state index contributed by atoms with van der Waals surface area (Å²) in [6.45, 7) is 3.87. The number of nitrogens with zero attached hydrogens (tertiary/aromatic N) is 1. The monoisotopic (exact) mass is 389 g/mol. The maximum absolute atomic E-state index is 12.5. The van der Waals surface area contributed by atoms with Crippen LogP contribution in [-0.2, 0) is 15.6 Å². The van der Waals surface area contributed by atoms with Crippen molar-refractivity contribution in [2.75, 3.05) is 0 Å². The smallest absolute Gasteiger partial charge is 0.192 e. The minimum Gasteiger partial charge on any atom is -0.223 e. The number of benzene rings is 2. The minimum atomic E-state index is -3.68. The van der Waals surface area contributed by atoms with Crippen LogP contribution in [0.25, 0.3) is 6.08 Å². The van der Waals surface area contributed by atoms with Crippen molar-refractivity contribution in [2.24, 2.45) is 0 Å². The quantitative estimate of drug-likeness (QED) is 0.720. The van der Waals surface area contributed by atoms with Crippen molar-refractivity contribution in [1.82, 2.24) is 0 Å². The van der Waals surface area contributed by atoms with Crippen molar-refractivity contribution in [1.29, 1.82) is 5.26 Å². The number of aryl methyl sites for hydroxylation is 2. The summed E-state index contributed by atoms with van der Waals surface area (Å²) in [4.78, 5) is -0.217. The van der Waals surface area contributed by atoms with Crippen LogP contribution in [0.2, 0.25) is 0 Å². The first-order chi connectivity index (χ1) is 10.8. The molecule has 0 N–H and O–H groups in total. The first-order valence-corrected chi connectivity index (χ1v) is 9.42. The van der Waals surface area contributed by atoms with E-state index in [2.05, 4.69) is 15.9 Å². The second kappa shape index (κ2) is 7.12. The van der Waals surface area contributed by atoms with E-state index in [9.17, 15) is 13.7 Å². The molecule has 0 saturated carbocycles. The van der Waals surface area contributed by atoms with E-state index in [0.29, 0.717) is 5.56 Å². The molecular weight excluding hydrogens is 374 g/mol. The Hall–Kier alpha value is -1.90. The van der Waals surface area contributed by atoms with Gasteiger partial charge in [0.05, 0.1) is 5.75 Å². The lowest BCUT2D eigenvalue weighted by Crippen LogP contribution is -2.06. The fourth-order valence-electron chi connectivity index (χ4n) is 2.31. The van der Waals surface area contributed by atoms with Gasteiger partial charge in [-0.3, -0.25) is 0 Å². The highest BCUT2D eigenvalue weighted by molar-refractivity contribution is 9.10. The molecule has 0 saturated heterocycles. The molecule has 0 spiro atoms. The highest BCUT2D eigenvalue weighted by Gasteiger charge is 2.18. The van der Waals surface area contributed by atoms with E-state index in [-0.39, 0.29) is 10.7 Å². The molecule has 0 aliphatic carbocycles. The van der Waals surface area contributed by atoms with Gasteiger partial charge >= 0.3 is 0 Å². The summed E-state index contributed by atoms with van der Waals surface area (Å²) in [5.41, 5.74) is 3.42. The van der Waals surface area contributed by atoms with Crippen LogP contribution < -0.4 is 0 Å². The van der Waals surface area contributed by atoms with Gasteiger partial charge in [-0.05, 0) is 43.2 Å². The van der Waals surface area contributed by atoms with Crippen LogP contribution in [0.15, 0.2) is 51.8 Å². The van der Waals surface area contributed by atoms with Gasteiger partial charge in [0.25, 0.3) is 0 Å². The van der Waals surface area contributed by atoms with E-state index < -0.39 is 9.84 Å². The van der Waals surface area contributed by atoms with E-state index in [0.717, 1.165) is 21.2 Å². The first-order valence-electron chi connectivity index (χ1n) is 6.97. The Morgan fingerprint density at radius 2 is 1.70 bits per heavy atom. The van der Waals surface area contributed by atoms with E-state index in [1.54, 1.807) is 24.3 Å². The Bertz CT molecular complexity index is 871. The van der Waals surface area contributed by atoms with Crippen molar-refractivity contribution in [3.63, 3.8) is 0 Å². The Labute approximate surface area is 145 Å². The number of allylic oxidation sites excluding steroid dienone is 1. The average Bonchev–Trinajstić information content (AvgIpc) is 2.46. The third-order valence-corrected chi connectivity index (χ3v) is 5.38. The summed E-state index contributed by atoms with van der Waals surface area (Å²) < 4.78 is 25.9. The molecule has 0 amide bonds. The predicted octanol–water partition coefficient (Wildman–Crippen LogP) is 4.55. The molecule has 118 valence electrons. The third-order valence-electron chi connectivity index (χ3n) is 3.26. The zero-order chi connectivity index (χ0) is 17.0. The fourth-order valence-corrected chi connectivity index (χ4v) is 3.82. The van der Waals surface area contributed by atoms with Crippen LogP contribution in [0.4, 0.5) is 0 Å². The molecule has 0 heterocycles. The number of halogens is 1. The van der Waals surface area contributed by atoms with Gasteiger partial charge in [0.15, 0.2) is 9.84 Å². The van der Waals surface area contributed by atoms with E-state index in [1.807, 2.05) is 38.1 Å². The third kappa shape index (κ3) is 4.78. The van der Waals surface area contributed by atoms with Crippen molar-refractivity contribution >= 4 is 31.8 Å². The van der Waals surface area contributed by atoms with E-state index >= 15 is 0 Å². The van der Waals surface area contributed by atoms with Crippen LogP contribution in [0.5, 0.6) is 0 Å². The van der Waals surface area contributed by atoms with Crippen molar-refractivity contribution in [2.45, 2.75) is 19.6 Å². The van der Waals surface area contributed by atoms with Gasteiger partial charge < -0.3 is 0 Å². The highest BCUT2D eigenvalue weighted by atomic mass is 79.9. The molecule has 0 fully saturated rings. The number of hydrogen-bond acceptors (Lipinski definition) is 3. The zero-order valence-corrected chi connectivity index (χ0v) is 15.3. The van der Waals surface area contributed by atoms with Gasteiger partial charge in [0, 0.05) is 4.47 Å². The van der Waals surface area contributed by atoms with Gasteiger partial charge in [-0.1, -0.05) is 57.4 Å².